The lowest BCUT2D eigenvalue weighted by Gasteiger charge is -2.27. The van der Waals surface area contributed by atoms with Crippen LogP contribution in [0.2, 0.25) is 0 Å². The lowest BCUT2D eigenvalue weighted by atomic mass is 10.0. The summed E-state index contributed by atoms with van der Waals surface area (Å²) in [4.78, 5) is 6.78. The maximum Gasteiger partial charge on any atom is 0.170 e. The molecule has 0 aromatic carbocycles. The Labute approximate surface area is 152 Å². The third-order valence-electron chi connectivity index (χ3n) is 4.61. The van der Waals surface area contributed by atoms with Gasteiger partial charge in [0.25, 0.3) is 0 Å². The molecule has 0 bridgehead atoms. The minimum absolute atomic E-state index is 0.0268. The summed E-state index contributed by atoms with van der Waals surface area (Å²) in [5.41, 5.74) is 2.19. The molecule has 5 nitrogen and oxygen atoms in total. The number of pyridine rings is 1. The first kappa shape index (κ1) is 15.9. The van der Waals surface area contributed by atoms with E-state index >= 15 is 0 Å². The van der Waals surface area contributed by atoms with Crippen LogP contribution in [0.5, 0.6) is 0 Å². The fraction of sp³-hybridized carbons (Fsp3) is 0.263. The van der Waals surface area contributed by atoms with E-state index in [0.717, 1.165) is 23.1 Å². The molecule has 0 spiro atoms. The van der Waals surface area contributed by atoms with Crippen molar-refractivity contribution in [2.45, 2.75) is 25.6 Å². The Kier molecular flexibility index (Phi) is 4.28. The summed E-state index contributed by atoms with van der Waals surface area (Å²) in [7, 11) is 0. The van der Waals surface area contributed by atoms with Gasteiger partial charge in [0, 0.05) is 24.6 Å². The average Bonchev–Trinajstić information content (AvgIpc) is 3.36. The van der Waals surface area contributed by atoms with Crippen LogP contribution < -0.4 is 5.32 Å². The smallest absolute Gasteiger partial charge is 0.170 e. The SMILES string of the molecule is CCN1C(=S)NC(c2ccccn2)C1c1cccn1Cc1ccco1. The molecule has 4 rings (SSSR count). The second-order valence-corrected chi connectivity index (χ2v) is 6.44. The van der Waals surface area contributed by atoms with E-state index in [9.17, 15) is 0 Å². The zero-order valence-electron chi connectivity index (χ0n) is 14.0. The highest BCUT2D eigenvalue weighted by Crippen LogP contribution is 2.38. The van der Waals surface area contributed by atoms with E-state index < -0.39 is 0 Å². The van der Waals surface area contributed by atoms with E-state index in [1.165, 1.54) is 5.69 Å². The van der Waals surface area contributed by atoms with Crippen molar-refractivity contribution in [2.24, 2.45) is 0 Å². The van der Waals surface area contributed by atoms with Gasteiger partial charge in [-0.2, -0.15) is 0 Å². The molecule has 2 unspecified atom stereocenters. The van der Waals surface area contributed by atoms with Crippen LogP contribution in [0.1, 0.15) is 36.2 Å². The number of hydrogen-bond acceptors (Lipinski definition) is 3. The number of hydrogen-bond donors (Lipinski definition) is 1. The molecule has 1 aliphatic heterocycles. The van der Waals surface area contributed by atoms with Gasteiger partial charge in [-0.3, -0.25) is 4.98 Å². The van der Waals surface area contributed by atoms with Crippen molar-refractivity contribution in [3.63, 3.8) is 0 Å². The van der Waals surface area contributed by atoms with Crippen LogP contribution in [0.25, 0.3) is 0 Å². The van der Waals surface area contributed by atoms with Gasteiger partial charge in [-0.15, -0.1) is 0 Å². The number of rotatable bonds is 5. The molecule has 3 aromatic heterocycles. The van der Waals surface area contributed by atoms with Crippen LogP contribution >= 0.6 is 12.2 Å². The average molecular weight is 352 g/mol. The van der Waals surface area contributed by atoms with Crippen LogP contribution in [0.4, 0.5) is 0 Å². The second-order valence-electron chi connectivity index (χ2n) is 6.05. The van der Waals surface area contributed by atoms with E-state index in [0.29, 0.717) is 6.54 Å². The first-order valence-corrected chi connectivity index (χ1v) is 8.84. The van der Waals surface area contributed by atoms with Crippen LogP contribution in [-0.2, 0) is 6.54 Å². The van der Waals surface area contributed by atoms with Crippen molar-refractivity contribution in [1.82, 2.24) is 19.8 Å². The summed E-state index contributed by atoms with van der Waals surface area (Å²) in [6, 6.07) is 14.3. The third kappa shape index (κ3) is 2.93. The number of nitrogens with one attached hydrogen (secondary N) is 1. The molecule has 0 saturated carbocycles. The van der Waals surface area contributed by atoms with Gasteiger partial charge in [0.2, 0.25) is 0 Å². The summed E-state index contributed by atoms with van der Waals surface area (Å²) >= 11 is 5.59. The molecule has 128 valence electrons. The Morgan fingerprint density at radius 1 is 1.20 bits per heavy atom. The first-order chi connectivity index (χ1) is 12.3. The van der Waals surface area contributed by atoms with Gasteiger partial charge in [0.1, 0.15) is 5.76 Å². The standard InChI is InChI=1S/C19H20N4OS/c1-2-23-18(17(21-19(23)25)15-8-3-4-10-20-15)16-9-5-11-22(16)13-14-7-6-12-24-14/h3-12,17-18H,2,13H2,1H3,(H,21,25). The van der Waals surface area contributed by atoms with Gasteiger partial charge in [-0.1, -0.05) is 6.07 Å². The lowest BCUT2D eigenvalue weighted by Crippen LogP contribution is -2.30. The quantitative estimate of drug-likeness (QED) is 0.712. The van der Waals surface area contributed by atoms with E-state index in [-0.39, 0.29) is 12.1 Å². The molecule has 2 atom stereocenters. The molecule has 1 saturated heterocycles. The third-order valence-corrected chi connectivity index (χ3v) is 4.96. The van der Waals surface area contributed by atoms with Crippen molar-refractivity contribution >= 4 is 17.3 Å². The Hall–Kier alpha value is -2.60. The lowest BCUT2D eigenvalue weighted by molar-refractivity contribution is 0.314. The zero-order valence-corrected chi connectivity index (χ0v) is 14.8. The van der Waals surface area contributed by atoms with Gasteiger partial charge in [-0.05, 0) is 55.5 Å². The number of aromatic nitrogens is 2. The molecule has 6 heteroatoms. The highest BCUT2D eigenvalue weighted by molar-refractivity contribution is 7.80. The highest BCUT2D eigenvalue weighted by atomic mass is 32.1. The van der Waals surface area contributed by atoms with Gasteiger partial charge in [-0.25, -0.2) is 0 Å². The van der Waals surface area contributed by atoms with Crippen LogP contribution in [0, 0.1) is 0 Å². The maximum absolute atomic E-state index is 5.59. The molecule has 0 aliphatic carbocycles. The fourth-order valence-corrected chi connectivity index (χ4v) is 3.85. The molecular formula is C19H20N4OS. The van der Waals surface area contributed by atoms with Crippen molar-refractivity contribution < 1.29 is 4.42 Å². The van der Waals surface area contributed by atoms with Gasteiger partial charge >= 0.3 is 0 Å². The molecular weight excluding hydrogens is 332 g/mol. The van der Waals surface area contributed by atoms with Gasteiger partial charge in [0.15, 0.2) is 5.11 Å². The first-order valence-electron chi connectivity index (χ1n) is 8.43. The Balaban J connectivity index is 1.73. The molecule has 1 fully saturated rings. The largest absolute Gasteiger partial charge is 0.467 e. The van der Waals surface area contributed by atoms with Gasteiger partial charge < -0.3 is 19.2 Å². The molecule has 3 aromatic rings. The monoisotopic (exact) mass is 352 g/mol. The highest BCUT2D eigenvalue weighted by Gasteiger charge is 2.40. The van der Waals surface area contributed by atoms with Crippen LogP contribution in [-0.4, -0.2) is 26.1 Å². The van der Waals surface area contributed by atoms with Crippen LogP contribution in [0.3, 0.4) is 0 Å². The fourth-order valence-electron chi connectivity index (χ4n) is 3.48. The normalized spacial score (nSPS) is 20.0. The Morgan fingerprint density at radius 2 is 2.12 bits per heavy atom. The summed E-state index contributed by atoms with van der Waals surface area (Å²) in [5.74, 6) is 0.934. The predicted octanol–water partition coefficient (Wildman–Crippen LogP) is 3.52. The van der Waals surface area contributed by atoms with Crippen molar-refractivity contribution in [3.05, 3.63) is 78.3 Å². The summed E-state index contributed by atoms with van der Waals surface area (Å²) < 4.78 is 7.74. The maximum atomic E-state index is 5.59. The molecule has 4 heterocycles. The predicted molar refractivity (Wildman–Crippen MR) is 100 cm³/mol. The van der Waals surface area contributed by atoms with E-state index in [1.54, 1.807) is 6.26 Å². The Bertz CT molecular complexity index is 843. The minimum Gasteiger partial charge on any atom is -0.467 e. The number of thiocarbonyl (C=S) groups is 1. The van der Waals surface area contributed by atoms with Crippen LogP contribution in [0.15, 0.2) is 65.5 Å². The van der Waals surface area contributed by atoms with E-state index in [4.69, 9.17) is 16.6 Å². The number of likely N-dealkylation sites (N-methyl/N-ethyl adjacent to an activating group) is 1. The molecule has 0 radical (unpaired) electrons. The molecule has 25 heavy (non-hydrogen) atoms. The Morgan fingerprint density at radius 3 is 2.84 bits per heavy atom. The topological polar surface area (TPSA) is 46.2 Å². The van der Waals surface area contributed by atoms with Crippen molar-refractivity contribution in [3.8, 4) is 0 Å². The summed E-state index contributed by atoms with van der Waals surface area (Å²) in [6.45, 7) is 3.67. The minimum atomic E-state index is 0.0268. The summed E-state index contributed by atoms with van der Waals surface area (Å²) in [5, 5.41) is 4.23. The van der Waals surface area contributed by atoms with E-state index in [2.05, 4.69) is 45.0 Å². The van der Waals surface area contributed by atoms with E-state index in [1.807, 2.05) is 36.5 Å². The zero-order chi connectivity index (χ0) is 17.2. The summed E-state index contributed by atoms with van der Waals surface area (Å²) in [6.07, 6.45) is 5.62. The van der Waals surface area contributed by atoms with Crippen molar-refractivity contribution in [2.75, 3.05) is 6.54 Å². The van der Waals surface area contributed by atoms with Crippen molar-refractivity contribution in [1.29, 1.82) is 0 Å². The molecule has 1 aliphatic rings. The van der Waals surface area contributed by atoms with Gasteiger partial charge in [0.05, 0.1) is 30.6 Å². The molecule has 1 N–H and O–H groups in total. The number of nitrogens with zero attached hydrogens (tertiary/aromatic N) is 3. The number of furan rings is 1. The molecule has 0 amide bonds. The second kappa shape index (κ2) is 6.72.